The number of halogens is 3. The molecule has 84 valence electrons. The quantitative estimate of drug-likeness (QED) is 0.625. The normalized spacial score (nSPS) is 10.5. The van der Waals surface area contributed by atoms with Gasteiger partial charge in [0.2, 0.25) is 5.82 Å². The standard InChI is InChI=1S/C9H10F3NO2/c1-4-5(3-15-13)7(11)8(12)9(14-2)6(4)10/h3,13H2,1-2H3. The van der Waals surface area contributed by atoms with Crippen LogP contribution in [0.15, 0.2) is 0 Å². The number of ether oxygens (including phenoxy) is 1. The molecule has 0 heterocycles. The third-order valence-electron chi connectivity index (χ3n) is 2.07. The summed E-state index contributed by atoms with van der Waals surface area (Å²) in [5.41, 5.74) is -0.343. The van der Waals surface area contributed by atoms with E-state index in [0.29, 0.717) is 0 Å². The van der Waals surface area contributed by atoms with Crippen LogP contribution in [-0.4, -0.2) is 7.11 Å². The lowest BCUT2D eigenvalue weighted by atomic mass is 10.1. The molecule has 0 saturated carbocycles. The predicted molar refractivity (Wildman–Crippen MR) is 46.6 cm³/mol. The Balaban J connectivity index is 3.44. The van der Waals surface area contributed by atoms with E-state index in [1.165, 1.54) is 6.92 Å². The average molecular weight is 221 g/mol. The molecule has 3 nitrogen and oxygen atoms in total. The van der Waals surface area contributed by atoms with Crippen molar-refractivity contribution in [2.45, 2.75) is 13.5 Å². The monoisotopic (exact) mass is 221 g/mol. The Morgan fingerprint density at radius 1 is 1.13 bits per heavy atom. The van der Waals surface area contributed by atoms with Crippen molar-refractivity contribution in [3.05, 3.63) is 28.6 Å². The van der Waals surface area contributed by atoms with Crippen LogP contribution in [-0.2, 0) is 11.4 Å². The number of hydrogen-bond donors (Lipinski definition) is 1. The Bertz CT molecular complexity index is 353. The van der Waals surface area contributed by atoms with Gasteiger partial charge in [0, 0.05) is 5.56 Å². The number of methoxy groups -OCH3 is 1. The summed E-state index contributed by atoms with van der Waals surface area (Å²) in [6.45, 7) is 0.879. The molecule has 0 unspecified atom stereocenters. The van der Waals surface area contributed by atoms with E-state index in [-0.39, 0.29) is 11.1 Å². The maximum absolute atomic E-state index is 13.4. The van der Waals surface area contributed by atoms with Crippen molar-refractivity contribution in [3.63, 3.8) is 0 Å². The van der Waals surface area contributed by atoms with Gasteiger partial charge in [-0.15, -0.1) is 0 Å². The molecule has 0 fully saturated rings. The molecule has 2 N–H and O–H groups in total. The third-order valence-corrected chi connectivity index (χ3v) is 2.07. The van der Waals surface area contributed by atoms with Gasteiger partial charge in [0.05, 0.1) is 13.7 Å². The van der Waals surface area contributed by atoms with Gasteiger partial charge < -0.3 is 4.74 Å². The molecule has 1 aromatic carbocycles. The molecule has 1 rings (SSSR count). The number of hydrogen-bond acceptors (Lipinski definition) is 3. The van der Waals surface area contributed by atoms with Crippen LogP contribution in [0.3, 0.4) is 0 Å². The highest BCUT2D eigenvalue weighted by Gasteiger charge is 2.23. The second-order valence-corrected chi connectivity index (χ2v) is 2.89. The highest BCUT2D eigenvalue weighted by atomic mass is 19.2. The first-order valence-corrected chi connectivity index (χ1v) is 4.06. The lowest BCUT2D eigenvalue weighted by Gasteiger charge is -2.11. The Kier molecular flexibility index (Phi) is 3.54. The fraction of sp³-hybridized carbons (Fsp3) is 0.333. The first-order valence-electron chi connectivity index (χ1n) is 4.06. The van der Waals surface area contributed by atoms with Gasteiger partial charge in [-0.2, -0.15) is 4.39 Å². The van der Waals surface area contributed by atoms with Crippen LogP contribution in [0.1, 0.15) is 11.1 Å². The Labute approximate surface area is 84.5 Å². The molecule has 0 saturated heterocycles. The van der Waals surface area contributed by atoms with E-state index in [2.05, 4.69) is 9.57 Å². The highest BCUT2D eigenvalue weighted by molar-refractivity contribution is 5.39. The molecule has 0 aliphatic heterocycles. The van der Waals surface area contributed by atoms with Gasteiger partial charge in [0.15, 0.2) is 17.4 Å². The van der Waals surface area contributed by atoms with Gasteiger partial charge in [0.25, 0.3) is 0 Å². The minimum Gasteiger partial charge on any atom is -0.491 e. The van der Waals surface area contributed by atoms with Gasteiger partial charge in [-0.1, -0.05) is 0 Å². The van der Waals surface area contributed by atoms with E-state index in [0.717, 1.165) is 7.11 Å². The van der Waals surface area contributed by atoms with Gasteiger partial charge in [-0.25, -0.2) is 14.7 Å². The average Bonchev–Trinajstić information content (AvgIpc) is 2.23. The van der Waals surface area contributed by atoms with E-state index in [9.17, 15) is 13.2 Å². The first-order chi connectivity index (χ1) is 7.04. The first kappa shape index (κ1) is 11.8. The van der Waals surface area contributed by atoms with Crippen LogP contribution in [0.25, 0.3) is 0 Å². The second-order valence-electron chi connectivity index (χ2n) is 2.89. The van der Waals surface area contributed by atoms with E-state index < -0.39 is 29.8 Å². The topological polar surface area (TPSA) is 44.5 Å². The molecule has 0 atom stereocenters. The highest BCUT2D eigenvalue weighted by Crippen LogP contribution is 2.30. The minimum atomic E-state index is -1.38. The molecule has 0 radical (unpaired) electrons. The lowest BCUT2D eigenvalue weighted by molar-refractivity contribution is 0.120. The van der Waals surface area contributed by atoms with Gasteiger partial charge in [-0.05, 0) is 12.5 Å². The van der Waals surface area contributed by atoms with Crippen molar-refractivity contribution in [1.82, 2.24) is 0 Å². The van der Waals surface area contributed by atoms with E-state index >= 15 is 0 Å². The molecular weight excluding hydrogens is 211 g/mol. The molecule has 0 amide bonds. The second kappa shape index (κ2) is 4.50. The van der Waals surface area contributed by atoms with Crippen LogP contribution in [0.4, 0.5) is 13.2 Å². The van der Waals surface area contributed by atoms with Crippen molar-refractivity contribution >= 4 is 0 Å². The van der Waals surface area contributed by atoms with Gasteiger partial charge in [0.1, 0.15) is 0 Å². The summed E-state index contributed by atoms with van der Waals surface area (Å²) in [7, 11) is 1.06. The smallest absolute Gasteiger partial charge is 0.204 e. The summed E-state index contributed by atoms with van der Waals surface area (Å²) in [5, 5.41) is 0. The Hall–Kier alpha value is -1.27. The van der Waals surface area contributed by atoms with Crippen molar-refractivity contribution in [1.29, 1.82) is 0 Å². The van der Waals surface area contributed by atoms with E-state index in [1.807, 2.05) is 0 Å². The van der Waals surface area contributed by atoms with Crippen molar-refractivity contribution in [2.75, 3.05) is 7.11 Å². The third kappa shape index (κ3) is 1.91. The number of rotatable bonds is 3. The molecule has 15 heavy (non-hydrogen) atoms. The van der Waals surface area contributed by atoms with Gasteiger partial charge in [-0.3, -0.25) is 4.84 Å². The summed E-state index contributed by atoms with van der Waals surface area (Å²) in [5.74, 6) is 0.433. The molecule has 0 aliphatic carbocycles. The minimum absolute atomic E-state index is 0.0869. The molecule has 0 aliphatic rings. The molecular formula is C9H10F3NO2. The van der Waals surface area contributed by atoms with Crippen LogP contribution in [0.5, 0.6) is 5.75 Å². The zero-order chi connectivity index (χ0) is 11.6. The maximum Gasteiger partial charge on any atom is 0.204 e. The van der Waals surface area contributed by atoms with E-state index in [1.54, 1.807) is 0 Å². The summed E-state index contributed by atoms with van der Waals surface area (Å²) in [4.78, 5) is 4.16. The van der Waals surface area contributed by atoms with Gasteiger partial charge >= 0.3 is 0 Å². The lowest BCUT2D eigenvalue weighted by Crippen LogP contribution is -2.09. The summed E-state index contributed by atoms with van der Waals surface area (Å²) >= 11 is 0. The van der Waals surface area contributed by atoms with Crippen LogP contribution in [0, 0.1) is 24.4 Å². The predicted octanol–water partition coefficient (Wildman–Crippen LogP) is 1.81. The zero-order valence-corrected chi connectivity index (χ0v) is 8.23. The van der Waals surface area contributed by atoms with Crippen molar-refractivity contribution in [3.8, 4) is 5.75 Å². The SMILES string of the molecule is COc1c(F)c(C)c(CON)c(F)c1F. The molecule has 1 aromatic rings. The number of benzene rings is 1. The van der Waals surface area contributed by atoms with Crippen LogP contribution in [0.2, 0.25) is 0 Å². The molecule has 6 heteroatoms. The Morgan fingerprint density at radius 2 is 1.73 bits per heavy atom. The fourth-order valence-electron chi connectivity index (χ4n) is 1.23. The number of nitrogens with two attached hydrogens (primary N) is 1. The molecule has 0 bridgehead atoms. The van der Waals surface area contributed by atoms with E-state index in [4.69, 9.17) is 5.90 Å². The van der Waals surface area contributed by atoms with Crippen LogP contribution >= 0.6 is 0 Å². The summed E-state index contributed by atoms with van der Waals surface area (Å²) in [6, 6.07) is 0. The summed E-state index contributed by atoms with van der Waals surface area (Å²) in [6.07, 6.45) is 0. The zero-order valence-electron chi connectivity index (χ0n) is 8.23. The fourth-order valence-corrected chi connectivity index (χ4v) is 1.23. The largest absolute Gasteiger partial charge is 0.491 e. The maximum atomic E-state index is 13.4. The molecule has 0 spiro atoms. The Morgan fingerprint density at radius 3 is 2.20 bits per heavy atom. The molecule has 0 aromatic heterocycles. The van der Waals surface area contributed by atoms with Crippen LogP contribution < -0.4 is 10.6 Å². The van der Waals surface area contributed by atoms with Crippen molar-refractivity contribution < 1.29 is 22.7 Å². The van der Waals surface area contributed by atoms with Crippen molar-refractivity contribution in [2.24, 2.45) is 5.90 Å². The summed E-state index contributed by atoms with van der Waals surface area (Å²) < 4.78 is 44.3.